The average molecular weight is 351 g/mol. The zero-order valence-electron chi connectivity index (χ0n) is 14.6. The monoisotopic (exact) mass is 351 g/mol. The lowest BCUT2D eigenvalue weighted by molar-refractivity contribution is 0.102. The summed E-state index contributed by atoms with van der Waals surface area (Å²) in [6, 6.07) is 29.6. The summed E-state index contributed by atoms with van der Waals surface area (Å²) in [5.74, 6) is -0.362. The molecule has 0 aliphatic rings. The molecule has 4 rings (SSSR count). The maximum Gasteiger partial charge on any atom is 0.255 e. The second kappa shape index (κ2) is 7.26. The highest BCUT2D eigenvalue weighted by Crippen LogP contribution is 2.21. The molecule has 0 heterocycles. The highest BCUT2D eigenvalue weighted by atomic mass is 16.1. The first-order valence-electron chi connectivity index (χ1n) is 8.71. The minimum Gasteiger partial charge on any atom is -0.321 e. The van der Waals surface area contributed by atoms with Crippen LogP contribution in [-0.4, -0.2) is 11.7 Å². The van der Waals surface area contributed by atoms with Gasteiger partial charge in [0, 0.05) is 16.7 Å². The van der Waals surface area contributed by atoms with E-state index < -0.39 is 0 Å². The Kier molecular flexibility index (Phi) is 4.50. The lowest BCUT2D eigenvalue weighted by atomic mass is 10.0. The quantitative estimate of drug-likeness (QED) is 0.506. The van der Waals surface area contributed by atoms with Crippen LogP contribution in [0, 0.1) is 0 Å². The summed E-state index contributed by atoms with van der Waals surface area (Å²) in [5, 5.41) is 4.96. The van der Waals surface area contributed by atoms with Gasteiger partial charge in [0.2, 0.25) is 0 Å². The van der Waals surface area contributed by atoms with E-state index in [9.17, 15) is 9.59 Å². The fraction of sp³-hybridized carbons (Fsp3) is 0. The van der Waals surface area contributed by atoms with Crippen molar-refractivity contribution in [2.45, 2.75) is 0 Å². The predicted octanol–water partition coefficient (Wildman–Crippen LogP) is 5.32. The van der Waals surface area contributed by atoms with Crippen LogP contribution in [0.4, 0.5) is 5.69 Å². The number of ketones is 1. The number of para-hydroxylation sites is 1. The number of anilines is 1. The summed E-state index contributed by atoms with van der Waals surface area (Å²) in [4.78, 5) is 25.6. The van der Waals surface area contributed by atoms with E-state index in [2.05, 4.69) is 5.32 Å². The van der Waals surface area contributed by atoms with Gasteiger partial charge in [-0.3, -0.25) is 9.59 Å². The smallest absolute Gasteiger partial charge is 0.255 e. The minimum atomic E-state index is -0.242. The van der Waals surface area contributed by atoms with E-state index in [1.165, 1.54) is 0 Å². The molecule has 0 radical (unpaired) electrons. The van der Waals surface area contributed by atoms with Gasteiger partial charge in [-0.1, -0.05) is 72.8 Å². The van der Waals surface area contributed by atoms with Crippen molar-refractivity contribution >= 4 is 28.2 Å². The number of rotatable bonds is 4. The van der Waals surface area contributed by atoms with Gasteiger partial charge >= 0.3 is 0 Å². The maximum absolute atomic E-state index is 12.8. The van der Waals surface area contributed by atoms with Gasteiger partial charge in [0.05, 0.1) is 5.69 Å². The van der Waals surface area contributed by atoms with E-state index >= 15 is 0 Å². The second-order valence-electron chi connectivity index (χ2n) is 6.26. The topological polar surface area (TPSA) is 46.2 Å². The van der Waals surface area contributed by atoms with Crippen molar-refractivity contribution in [2.24, 2.45) is 0 Å². The summed E-state index contributed by atoms with van der Waals surface area (Å²) < 4.78 is 0. The molecular weight excluding hydrogens is 334 g/mol. The van der Waals surface area contributed by atoms with E-state index in [1.54, 1.807) is 42.5 Å². The lowest BCUT2D eigenvalue weighted by Crippen LogP contribution is -2.15. The highest BCUT2D eigenvalue weighted by molar-refractivity contribution is 6.15. The maximum atomic E-state index is 12.8. The molecule has 0 bridgehead atoms. The van der Waals surface area contributed by atoms with Crippen molar-refractivity contribution in [2.75, 3.05) is 5.32 Å². The summed E-state index contributed by atoms with van der Waals surface area (Å²) in [6.07, 6.45) is 0. The minimum absolute atomic E-state index is 0.120. The fourth-order valence-corrected chi connectivity index (χ4v) is 3.06. The zero-order chi connectivity index (χ0) is 18.6. The van der Waals surface area contributed by atoms with Crippen LogP contribution in [0.25, 0.3) is 10.8 Å². The molecule has 3 heteroatoms. The lowest BCUT2D eigenvalue weighted by Gasteiger charge is -2.11. The molecule has 4 aromatic carbocycles. The van der Waals surface area contributed by atoms with Crippen LogP contribution in [0.3, 0.4) is 0 Å². The SMILES string of the molecule is O=C(Nc1ccccc1C(=O)c1ccccc1)c1ccc2ccccc2c1. The van der Waals surface area contributed by atoms with Gasteiger partial charge in [-0.05, 0) is 35.0 Å². The molecule has 0 aliphatic carbocycles. The van der Waals surface area contributed by atoms with Gasteiger partial charge in [0.25, 0.3) is 5.91 Å². The normalized spacial score (nSPS) is 10.5. The van der Waals surface area contributed by atoms with Gasteiger partial charge in [0.15, 0.2) is 5.78 Å². The molecule has 0 aromatic heterocycles. The van der Waals surface area contributed by atoms with Crippen LogP contribution in [0.2, 0.25) is 0 Å². The zero-order valence-corrected chi connectivity index (χ0v) is 14.6. The number of amides is 1. The third-order valence-electron chi connectivity index (χ3n) is 4.47. The highest BCUT2D eigenvalue weighted by Gasteiger charge is 2.15. The summed E-state index contributed by atoms with van der Waals surface area (Å²) in [5.41, 5.74) is 2.11. The van der Waals surface area contributed by atoms with Crippen LogP contribution >= 0.6 is 0 Å². The van der Waals surface area contributed by atoms with E-state index in [0.29, 0.717) is 22.4 Å². The Morgan fingerprint density at radius 1 is 0.593 bits per heavy atom. The molecule has 27 heavy (non-hydrogen) atoms. The molecule has 0 fully saturated rings. The molecule has 4 aromatic rings. The van der Waals surface area contributed by atoms with Crippen LogP contribution < -0.4 is 5.32 Å². The molecule has 0 saturated carbocycles. The standard InChI is InChI=1S/C24H17NO2/c26-23(18-9-2-1-3-10-18)21-12-6-7-13-22(21)25-24(27)20-15-14-17-8-4-5-11-19(17)16-20/h1-16H,(H,25,27). The fourth-order valence-electron chi connectivity index (χ4n) is 3.06. The molecule has 1 amide bonds. The summed E-state index contributed by atoms with van der Waals surface area (Å²) in [7, 11) is 0. The Labute approximate surface area is 157 Å². The van der Waals surface area contributed by atoms with Gasteiger partial charge in [-0.2, -0.15) is 0 Å². The van der Waals surface area contributed by atoms with Crippen molar-refractivity contribution < 1.29 is 9.59 Å². The number of hydrogen-bond donors (Lipinski definition) is 1. The average Bonchev–Trinajstić information content (AvgIpc) is 2.74. The van der Waals surface area contributed by atoms with Crippen molar-refractivity contribution in [1.82, 2.24) is 0 Å². The Morgan fingerprint density at radius 3 is 2.07 bits per heavy atom. The molecule has 0 unspecified atom stereocenters. The third-order valence-corrected chi connectivity index (χ3v) is 4.47. The Bertz CT molecular complexity index is 1130. The first-order valence-corrected chi connectivity index (χ1v) is 8.71. The molecule has 0 atom stereocenters. The van der Waals surface area contributed by atoms with E-state index in [4.69, 9.17) is 0 Å². The summed E-state index contributed by atoms with van der Waals surface area (Å²) in [6.45, 7) is 0. The molecular formula is C24H17NO2. The van der Waals surface area contributed by atoms with E-state index in [0.717, 1.165) is 10.8 Å². The van der Waals surface area contributed by atoms with E-state index in [1.807, 2.05) is 54.6 Å². The van der Waals surface area contributed by atoms with Crippen molar-refractivity contribution in [1.29, 1.82) is 0 Å². The molecule has 0 spiro atoms. The first kappa shape index (κ1) is 16.7. The van der Waals surface area contributed by atoms with Crippen LogP contribution in [0.15, 0.2) is 97.1 Å². The Hall–Kier alpha value is -3.72. The largest absolute Gasteiger partial charge is 0.321 e. The summed E-state index contributed by atoms with van der Waals surface area (Å²) >= 11 is 0. The molecule has 1 N–H and O–H groups in total. The molecule has 0 aliphatic heterocycles. The third kappa shape index (κ3) is 3.48. The van der Waals surface area contributed by atoms with E-state index in [-0.39, 0.29) is 11.7 Å². The number of fused-ring (bicyclic) bond motifs is 1. The van der Waals surface area contributed by atoms with Crippen LogP contribution in [-0.2, 0) is 0 Å². The Balaban J connectivity index is 1.64. The number of hydrogen-bond acceptors (Lipinski definition) is 2. The molecule has 0 saturated heterocycles. The van der Waals surface area contributed by atoms with Gasteiger partial charge in [-0.25, -0.2) is 0 Å². The van der Waals surface area contributed by atoms with Crippen molar-refractivity contribution in [3.05, 3.63) is 114 Å². The number of benzene rings is 4. The Morgan fingerprint density at radius 2 is 1.26 bits per heavy atom. The molecule has 130 valence electrons. The predicted molar refractivity (Wildman–Crippen MR) is 108 cm³/mol. The first-order chi connectivity index (χ1) is 13.2. The van der Waals surface area contributed by atoms with Crippen LogP contribution in [0.1, 0.15) is 26.3 Å². The second-order valence-corrected chi connectivity index (χ2v) is 6.26. The van der Waals surface area contributed by atoms with Gasteiger partial charge in [0.1, 0.15) is 0 Å². The van der Waals surface area contributed by atoms with Gasteiger partial charge < -0.3 is 5.32 Å². The van der Waals surface area contributed by atoms with Crippen molar-refractivity contribution in [3.8, 4) is 0 Å². The number of carbonyl (C=O) groups is 2. The van der Waals surface area contributed by atoms with Crippen LogP contribution in [0.5, 0.6) is 0 Å². The number of nitrogens with one attached hydrogen (secondary N) is 1. The van der Waals surface area contributed by atoms with Crippen molar-refractivity contribution in [3.63, 3.8) is 0 Å². The molecule has 3 nitrogen and oxygen atoms in total. The van der Waals surface area contributed by atoms with Gasteiger partial charge in [-0.15, -0.1) is 0 Å². The number of carbonyl (C=O) groups excluding carboxylic acids is 2.